The van der Waals surface area contributed by atoms with E-state index in [9.17, 15) is 15.0 Å². The highest BCUT2D eigenvalue weighted by atomic mass is 35.5. The normalized spacial score (nSPS) is 22.6. The zero-order valence-electron chi connectivity index (χ0n) is 18.3. The molecule has 172 valence electrons. The monoisotopic (exact) mass is 457 g/mol. The lowest BCUT2D eigenvalue weighted by atomic mass is 9.98. The molecular formula is C25H32ClN3O3. The van der Waals surface area contributed by atoms with E-state index in [2.05, 4.69) is 21.2 Å². The molecule has 3 N–H and O–H groups in total. The lowest BCUT2D eigenvalue weighted by Gasteiger charge is -2.38. The summed E-state index contributed by atoms with van der Waals surface area (Å²) in [7, 11) is 0. The number of aromatic hydroxyl groups is 1. The van der Waals surface area contributed by atoms with Crippen molar-refractivity contribution < 1.29 is 15.0 Å². The number of carbonyl (C=O) groups is 1. The van der Waals surface area contributed by atoms with E-state index in [0.717, 1.165) is 69.0 Å². The van der Waals surface area contributed by atoms with Crippen molar-refractivity contribution >= 4 is 28.9 Å². The molecule has 1 aliphatic heterocycles. The van der Waals surface area contributed by atoms with Crippen LogP contribution in [-0.2, 0) is 4.79 Å². The minimum absolute atomic E-state index is 0.0205. The van der Waals surface area contributed by atoms with Crippen LogP contribution < -0.4 is 10.2 Å². The van der Waals surface area contributed by atoms with Crippen LogP contribution in [0, 0.1) is 11.8 Å². The predicted octanol–water partition coefficient (Wildman–Crippen LogP) is 4.32. The Kier molecular flexibility index (Phi) is 7.55. The number of hydrogen-bond acceptors (Lipinski definition) is 5. The Labute approximate surface area is 194 Å². The molecule has 1 heterocycles. The average Bonchev–Trinajstić information content (AvgIpc) is 3.28. The van der Waals surface area contributed by atoms with Crippen LogP contribution in [0.1, 0.15) is 32.1 Å². The van der Waals surface area contributed by atoms with E-state index >= 15 is 0 Å². The third-order valence-corrected chi connectivity index (χ3v) is 7.02. The number of halogens is 1. The molecule has 2 aromatic carbocycles. The van der Waals surface area contributed by atoms with Crippen LogP contribution in [-0.4, -0.2) is 53.4 Å². The number of amides is 1. The second-order valence-corrected chi connectivity index (χ2v) is 9.41. The lowest BCUT2D eigenvalue weighted by Crippen LogP contribution is -2.50. The number of aliphatic hydroxyl groups is 1. The second kappa shape index (κ2) is 10.6. The fourth-order valence-corrected chi connectivity index (χ4v) is 5.07. The molecule has 3 atom stereocenters. The summed E-state index contributed by atoms with van der Waals surface area (Å²) in [5, 5.41) is 23.8. The highest BCUT2D eigenvalue weighted by Gasteiger charge is 2.31. The van der Waals surface area contributed by atoms with Gasteiger partial charge in [0.05, 0.1) is 0 Å². The van der Waals surface area contributed by atoms with Gasteiger partial charge in [-0.05, 0) is 80.5 Å². The van der Waals surface area contributed by atoms with Gasteiger partial charge in [0.25, 0.3) is 0 Å². The third-order valence-electron chi connectivity index (χ3n) is 6.79. The van der Waals surface area contributed by atoms with Gasteiger partial charge in [0.1, 0.15) is 12.0 Å². The Morgan fingerprint density at radius 2 is 1.84 bits per heavy atom. The maximum atomic E-state index is 12.6. The first-order chi connectivity index (χ1) is 15.5. The van der Waals surface area contributed by atoms with E-state index in [1.54, 1.807) is 24.3 Å². The summed E-state index contributed by atoms with van der Waals surface area (Å²) in [6, 6.07) is 14.5. The minimum atomic E-state index is -0.429. The molecule has 0 spiro atoms. The molecule has 2 aliphatic rings. The smallest absolute Gasteiger partial charge is 0.227 e. The first kappa shape index (κ1) is 22.9. The van der Waals surface area contributed by atoms with Crippen molar-refractivity contribution in [1.29, 1.82) is 0 Å². The van der Waals surface area contributed by atoms with Gasteiger partial charge in [-0.2, -0.15) is 0 Å². The summed E-state index contributed by atoms with van der Waals surface area (Å²) < 4.78 is 0. The molecule has 1 aliphatic carbocycles. The van der Waals surface area contributed by atoms with E-state index in [4.69, 9.17) is 11.6 Å². The summed E-state index contributed by atoms with van der Waals surface area (Å²) in [5.74, 6) is 0.740. The van der Waals surface area contributed by atoms with Gasteiger partial charge >= 0.3 is 0 Å². The number of aliphatic hydroxyl groups excluding tert-OH is 1. The predicted molar refractivity (Wildman–Crippen MR) is 128 cm³/mol. The highest BCUT2D eigenvalue weighted by molar-refractivity contribution is 6.30. The van der Waals surface area contributed by atoms with E-state index in [0.29, 0.717) is 11.6 Å². The van der Waals surface area contributed by atoms with Gasteiger partial charge in [-0.3, -0.25) is 9.69 Å². The number of carbonyl (C=O) groups excluding carboxylic acids is 1. The number of phenolic OH excluding ortho intramolecular Hbond substituents is 1. The maximum absolute atomic E-state index is 12.6. The topological polar surface area (TPSA) is 76.0 Å². The van der Waals surface area contributed by atoms with Crippen LogP contribution in [0.15, 0.2) is 48.5 Å². The summed E-state index contributed by atoms with van der Waals surface area (Å²) in [5.41, 5.74) is 1.85. The number of benzene rings is 2. The highest BCUT2D eigenvalue weighted by Crippen LogP contribution is 2.35. The number of anilines is 2. The molecule has 1 amide bonds. The molecule has 1 saturated carbocycles. The van der Waals surface area contributed by atoms with Crippen LogP contribution in [0.25, 0.3) is 0 Å². The standard InChI is InChI=1S/C25H32ClN3O3/c26-20-2-1-3-22(17-20)28-12-14-29(15-13-28)24(31)11-5-18-4-6-19(16-18)25(32)27-21-7-9-23(30)10-8-21/h1-3,7-10,17-19,24,30-31H,4-6,11-16H2,(H,27,32). The number of piperazine rings is 1. The summed E-state index contributed by atoms with van der Waals surface area (Å²) >= 11 is 6.11. The number of nitrogens with one attached hydrogen (secondary N) is 1. The SMILES string of the molecule is O=C(Nc1ccc(O)cc1)C1CCC(CCC(O)N2CCN(c3cccc(Cl)c3)CC2)C1. The average molecular weight is 458 g/mol. The van der Waals surface area contributed by atoms with E-state index < -0.39 is 6.23 Å². The van der Waals surface area contributed by atoms with Crippen molar-refractivity contribution in [2.75, 3.05) is 36.4 Å². The van der Waals surface area contributed by atoms with E-state index in [1.165, 1.54) is 0 Å². The van der Waals surface area contributed by atoms with Gasteiger partial charge in [-0.25, -0.2) is 0 Å². The molecular weight excluding hydrogens is 426 g/mol. The van der Waals surface area contributed by atoms with Crippen molar-refractivity contribution in [1.82, 2.24) is 4.90 Å². The van der Waals surface area contributed by atoms with Crippen LogP contribution in [0.3, 0.4) is 0 Å². The molecule has 6 nitrogen and oxygen atoms in total. The maximum Gasteiger partial charge on any atom is 0.227 e. The largest absolute Gasteiger partial charge is 0.508 e. The van der Waals surface area contributed by atoms with Crippen LogP contribution >= 0.6 is 11.6 Å². The Morgan fingerprint density at radius 1 is 1.09 bits per heavy atom. The zero-order chi connectivity index (χ0) is 22.5. The fraction of sp³-hybridized carbons (Fsp3) is 0.480. The molecule has 2 aromatic rings. The van der Waals surface area contributed by atoms with Crippen molar-refractivity contribution in [2.45, 2.75) is 38.3 Å². The van der Waals surface area contributed by atoms with Crippen LogP contribution in [0.4, 0.5) is 11.4 Å². The minimum Gasteiger partial charge on any atom is -0.508 e. The first-order valence-corrected chi connectivity index (χ1v) is 11.9. The Hall–Kier alpha value is -2.28. The molecule has 7 heteroatoms. The zero-order valence-corrected chi connectivity index (χ0v) is 19.0. The van der Waals surface area contributed by atoms with Gasteiger partial charge in [-0.15, -0.1) is 0 Å². The van der Waals surface area contributed by atoms with Crippen molar-refractivity contribution in [3.8, 4) is 5.75 Å². The first-order valence-electron chi connectivity index (χ1n) is 11.5. The number of rotatable bonds is 7. The Morgan fingerprint density at radius 3 is 2.56 bits per heavy atom. The second-order valence-electron chi connectivity index (χ2n) is 8.97. The number of hydrogen-bond donors (Lipinski definition) is 3. The molecule has 4 rings (SSSR count). The third kappa shape index (κ3) is 5.94. The van der Waals surface area contributed by atoms with Crippen molar-refractivity contribution in [3.05, 3.63) is 53.6 Å². The van der Waals surface area contributed by atoms with Gasteiger partial charge < -0.3 is 20.4 Å². The summed E-state index contributed by atoms with van der Waals surface area (Å²) in [4.78, 5) is 17.0. The van der Waals surface area contributed by atoms with Gasteiger partial charge in [-0.1, -0.05) is 17.7 Å². The summed E-state index contributed by atoms with van der Waals surface area (Å²) in [6.45, 7) is 3.41. The Bertz CT molecular complexity index is 900. The van der Waals surface area contributed by atoms with E-state index in [-0.39, 0.29) is 17.6 Å². The van der Waals surface area contributed by atoms with Crippen LogP contribution in [0.5, 0.6) is 5.75 Å². The van der Waals surface area contributed by atoms with Gasteiger partial charge in [0.15, 0.2) is 0 Å². The molecule has 32 heavy (non-hydrogen) atoms. The summed E-state index contributed by atoms with van der Waals surface area (Å²) in [6.07, 6.45) is 4.05. The van der Waals surface area contributed by atoms with Crippen molar-refractivity contribution in [3.63, 3.8) is 0 Å². The molecule has 2 fully saturated rings. The quantitative estimate of drug-likeness (QED) is 0.540. The number of phenols is 1. The molecule has 0 aromatic heterocycles. The van der Waals surface area contributed by atoms with Crippen molar-refractivity contribution in [2.24, 2.45) is 11.8 Å². The molecule has 0 radical (unpaired) electrons. The van der Waals surface area contributed by atoms with Gasteiger partial charge in [0, 0.05) is 48.5 Å². The van der Waals surface area contributed by atoms with E-state index in [1.807, 2.05) is 18.2 Å². The molecule has 3 unspecified atom stereocenters. The lowest BCUT2D eigenvalue weighted by molar-refractivity contribution is -0.119. The van der Waals surface area contributed by atoms with Crippen LogP contribution in [0.2, 0.25) is 5.02 Å². The van der Waals surface area contributed by atoms with Gasteiger partial charge in [0.2, 0.25) is 5.91 Å². The Balaban J connectivity index is 1.17. The fourth-order valence-electron chi connectivity index (χ4n) is 4.88. The number of nitrogens with zero attached hydrogens (tertiary/aromatic N) is 2. The molecule has 1 saturated heterocycles. The molecule has 0 bridgehead atoms.